The molecule has 7 nitrogen and oxygen atoms in total. The quantitative estimate of drug-likeness (QED) is 0.533. The molecule has 0 atom stereocenters. The second-order valence-corrected chi connectivity index (χ2v) is 6.09. The summed E-state index contributed by atoms with van der Waals surface area (Å²) in [6.07, 6.45) is -0.234. The van der Waals surface area contributed by atoms with Crippen molar-refractivity contribution in [3.8, 4) is 11.5 Å². The van der Waals surface area contributed by atoms with Gasteiger partial charge in [-0.3, -0.25) is 9.48 Å². The van der Waals surface area contributed by atoms with E-state index in [1.807, 2.05) is 0 Å². The first-order valence-electron chi connectivity index (χ1n) is 8.39. The van der Waals surface area contributed by atoms with E-state index in [0.717, 1.165) is 6.07 Å². The average molecular weight is 402 g/mol. The second-order valence-electron chi connectivity index (χ2n) is 6.09. The number of carbonyl (C=O) groups is 1. The van der Waals surface area contributed by atoms with Crippen molar-refractivity contribution in [3.05, 3.63) is 77.9 Å². The van der Waals surface area contributed by atoms with E-state index in [-0.39, 0.29) is 17.8 Å². The largest absolute Gasteiger partial charge is 0.461 e. The number of amides is 1. The molecule has 0 aliphatic rings. The standard InChI is InChI=1S/C19H13F3N4O3/c20-19(21,22)14-5-2-1-4-12(14)10-26-11-13(9-23-26)24-18(27)15-8-17(29-25-15)16-6-3-7-28-16/h1-9,11H,10H2,(H,24,27). The summed E-state index contributed by atoms with van der Waals surface area (Å²) in [7, 11) is 0. The molecule has 0 unspecified atom stereocenters. The SMILES string of the molecule is O=C(Nc1cnn(Cc2ccccc2C(F)(F)F)c1)c1cc(-c2ccco2)on1. The molecule has 1 aromatic carbocycles. The van der Waals surface area contributed by atoms with Gasteiger partial charge in [0.1, 0.15) is 0 Å². The van der Waals surface area contributed by atoms with Crippen molar-refractivity contribution in [3.63, 3.8) is 0 Å². The molecule has 0 bridgehead atoms. The van der Waals surface area contributed by atoms with Gasteiger partial charge in [0.05, 0.1) is 30.3 Å². The number of carbonyl (C=O) groups excluding carboxylic acids is 1. The van der Waals surface area contributed by atoms with E-state index in [2.05, 4.69) is 15.6 Å². The molecule has 1 amide bonds. The molecule has 4 rings (SSSR count). The van der Waals surface area contributed by atoms with Gasteiger partial charge in [-0.2, -0.15) is 18.3 Å². The Labute approximate surface area is 161 Å². The molecule has 4 aromatic rings. The van der Waals surface area contributed by atoms with Gasteiger partial charge in [0, 0.05) is 12.3 Å². The first-order valence-corrected chi connectivity index (χ1v) is 8.39. The molecule has 0 radical (unpaired) electrons. The van der Waals surface area contributed by atoms with Crippen LogP contribution in [0.2, 0.25) is 0 Å². The highest BCUT2D eigenvalue weighted by molar-refractivity contribution is 6.03. The number of aromatic nitrogens is 3. The van der Waals surface area contributed by atoms with Crippen LogP contribution < -0.4 is 5.32 Å². The molecule has 0 saturated carbocycles. The number of anilines is 1. The summed E-state index contributed by atoms with van der Waals surface area (Å²) in [5, 5.41) is 10.3. The smallest absolute Gasteiger partial charge is 0.416 e. The summed E-state index contributed by atoms with van der Waals surface area (Å²) in [6, 6.07) is 10.00. The minimum absolute atomic E-state index is 0.0200. The fraction of sp³-hybridized carbons (Fsp3) is 0.105. The third kappa shape index (κ3) is 4.05. The Hall–Kier alpha value is -3.82. The zero-order chi connectivity index (χ0) is 20.4. The lowest BCUT2D eigenvalue weighted by atomic mass is 10.1. The maximum Gasteiger partial charge on any atom is 0.416 e. The van der Waals surface area contributed by atoms with Crippen molar-refractivity contribution in [2.24, 2.45) is 0 Å². The molecule has 29 heavy (non-hydrogen) atoms. The predicted molar refractivity (Wildman–Crippen MR) is 94.9 cm³/mol. The van der Waals surface area contributed by atoms with Crippen LogP contribution in [0.5, 0.6) is 0 Å². The maximum absolute atomic E-state index is 13.1. The lowest BCUT2D eigenvalue weighted by molar-refractivity contribution is -0.138. The number of hydrogen-bond donors (Lipinski definition) is 1. The minimum atomic E-state index is -4.46. The number of halogens is 3. The summed E-state index contributed by atoms with van der Waals surface area (Å²) in [4.78, 5) is 12.3. The van der Waals surface area contributed by atoms with Gasteiger partial charge in [-0.05, 0) is 23.8 Å². The van der Waals surface area contributed by atoms with Crippen molar-refractivity contribution in [2.45, 2.75) is 12.7 Å². The van der Waals surface area contributed by atoms with Crippen LogP contribution in [0.25, 0.3) is 11.5 Å². The molecule has 3 heterocycles. The van der Waals surface area contributed by atoms with Crippen molar-refractivity contribution in [1.82, 2.24) is 14.9 Å². The molecule has 148 valence electrons. The van der Waals surface area contributed by atoms with Crippen LogP contribution in [0, 0.1) is 0 Å². The number of alkyl halides is 3. The lowest BCUT2D eigenvalue weighted by Gasteiger charge is -2.12. The number of hydrogen-bond acceptors (Lipinski definition) is 5. The van der Waals surface area contributed by atoms with Gasteiger partial charge in [-0.15, -0.1) is 0 Å². The number of rotatable bonds is 5. The number of nitrogens with one attached hydrogen (secondary N) is 1. The van der Waals surface area contributed by atoms with Crippen molar-refractivity contribution >= 4 is 11.6 Å². The molecule has 0 spiro atoms. The second kappa shape index (κ2) is 7.30. The van der Waals surface area contributed by atoms with Gasteiger partial charge < -0.3 is 14.3 Å². The van der Waals surface area contributed by atoms with Crippen LogP contribution in [0.3, 0.4) is 0 Å². The number of nitrogens with zero attached hydrogens (tertiary/aromatic N) is 3. The Bertz CT molecular complexity index is 1130. The van der Waals surface area contributed by atoms with E-state index in [0.29, 0.717) is 17.2 Å². The monoisotopic (exact) mass is 402 g/mol. The Balaban J connectivity index is 1.46. The average Bonchev–Trinajstić information content (AvgIpc) is 3.43. The first kappa shape index (κ1) is 18.5. The molecule has 0 fully saturated rings. The van der Waals surface area contributed by atoms with Gasteiger partial charge in [0.15, 0.2) is 11.5 Å². The number of furan rings is 1. The van der Waals surface area contributed by atoms with Gasteiger partial charge in [0.2, 0.25) is 5.76 Å². The Morgan fingerprint density at radius 1 is 1.14 bits per heavy atom. The molecule has 1 N–H and O–H groups in total. The molecule has 0 aliphatic heterocycles. The van der Waals surface area contributed by atoms with E-state index < -0.39 is 17.6 Å². The van der Waals surface area contributed by atoms with Crippen LogP contribution >= 0.6 is 0 Å². The summed E-state index contributed by atoms with van der Waals surface area (Å²) in [5.41, 5.74) is -0.330. The maximum atomic E-state index is 13.1. The Morgan fingerprint density at radius 3 is 2.72 bits per heavy atom. The highest BCUT2D eigenvalue weighted by Crippen LogP contribution is 2.32. The third-order valence-corrected chi connectivity index (χ3v) is 4.05. The summed E-state index contributed by atoms with van der Waals surface area (Å²) in [5.74, 6) is 0.161. The van der Waals surface area contributed by atoms with E-state index in [1.54, 1.807) is 12.1 Å². The molecule has 3 aromatic heterocycles. The van der Waals surface area contributed by atoms with Gasteiger partial charge in [-0.25, -0.2) is 0 Å². The highest BCUT2D eigenvalue weighted by atomic mass is 19.4. The normalized spacial score (nSPS) is 11.6. The molecule has 10 heteroatoms. The summed E-state index contributed by atoms with van der Waals surface area (Å²) < 4.78 is 50.9. The van der Waals surface area contributed by atoms with Crippen LogP contribution in [-0.2, 0) is 12.7 Å². The van der Waals surface area contributed by atoms with Gasteiger partial charge in [-0.1, -0.05) is 23.4 Å². The fourth-order valence-electron chi connectivity index (χ4n) is 2.74. The van der Waals surface area contributed by atoms with E-state index in [4.69, 9.17) is 8.94 Å². The zero-order valence-electron chi connectivity index (χ0n) is 14.7. The molecular formula is C19H13F3N4O3. The molecule has 0 saturated heterocycles. The zero-order valence-corrected chi connectivity index (χ0v) is 14.7. The fourth-order valence-corrected chi connectivity index (χ4v) is 2.74. The van der Waals surface area contributed by atoms with Crippen molar-refractivity contribution in [1.29, 1.82) is 0 Å². The summed E-state index contributed by atoms with van der Waals surface area (Å²) in [6.45, 7) is -0.0991. The van der Waals surface area contributed by atoms with Gasteiger partial charge >= 0.3 is 6.18 Å². The molecular weight excluding hydrogens is 389 g/mol. The highest BCUT2D eigenvalue weighted by Gasteiger charge is 2.32. The van der Waals surface area contributed by atoms with Crippen LogP contribution in [0.4, 0.5) is 18.9 Å². The van der Waals surface area contributed by atoms with Crippen LogP contribution in [0.15, 0.2) is 70.1 Å². The lowest BCUT2D eigenvalue weighted by Crippen LogP contribution is -2.12. The Kier molecular flexibility index (Phi) is 4.67. The number of benzene rings is 1. The van der Waals surface area contributed by atoms with Crippen LogP contribution in [0.1, 0.15) is 21.6 Å². The van der Waals surface area contributed by atoms with E-state index in [1.165, 1.54) is 47.6 Å². The first-order chi connectivity index (χ1) is 13.9. The molecule has 0 aliphatic carbocycles. The van der Waals surface area contributed by atoms with Crippen molar-refractivity contribution in [2.75, 3.05) is 5.32 Å². The Morgan fingerprint density at radius 2 is 1.97 bits per heavy atom. The van der Waals surface area contributed by atoms with Crippen molar-refractivity contribution < 1.29 is 26.9 Å². The van der Waals surface area contributed by atoms with E-state index >= 15 is 0 Å². The topological polar surface area (TPSA) is 86.1 Å². The minimum Gasteiger partial charge on any atom is -0.461 e. The summed E-state index contributed by atoms with van der Waals surface area (Å²) >= 11 is 0. The van der Waals surface area contributed by atoms with Crippen LogP contribution in [-0.4, -0.2) is 20.8 Å². The van der Waals surface area contributed by atoms with E-state index in [9.17, 15) is 18.0 Å². The van der Waals surface area contributed by atoms with Gasteiger partial charge in [0.25, 0.3) is 5.91 Å². The predicted octanol–water partition coefficient (Wildman–Crippen LogP) is 4.45. The third-order valence-electron chi connectivity index (χ3n) is 4.05.